The van der Waals surface area contributed by atoms with Gasteiger partial charge in [0.1, 0.15) is 0 Å². The SMILES string of the molecule is Cl.N[C@H]1CCN(c2cc(Nc3ccc(C(F)(F)F)cc3)c3c(=O)[nH]cc(Br)c3c2)C1. The van der Waals surface area contributed by atoms with E-state index in [0.717, 1.165) is 30.8 Å². The predicted molar refractivity (Wildman–Crippen MR) is 119 cm³/mol. The van der Waals surface area contributed by atoms with Crippen LogP contribution in [0.5, 0.6) is 0 Å². The lowest BCUT2D eigenvalue weighted by atomic mass is 10.1. The fraction of sp³-hybridized carbons (Fsp3) is 0.250. The van der Waals surface area contributed by atoms with Crippen molar-refractivity contribution in [2.24, 2.45) is 5.73 Å². The smallest absolute Gasteiger partial charge is 0.370 e. The third-order valence-corrected chi connectivity index (χ3v) is 5.67. The first-order chi connectivity index (χ1) is 13.7. The van der Waals surface area contributed by atoms with Gasteiger partial charge in [-0.3, -0.25) is 4.79 Å². The van der Waals surface area contributed by atoms with Crippen LogP contribution in [0.4, 0.5) is 30.2 Å². The molecule has 0 saturated carbocycles. The van der Waals surface area contributed by atoms with E-state index in [2.05, 4.69) is 31.1 Å². The van der Waals surface area contributed by atoms with E-state index in [-0.39, 0.29) is 24.0 Å². The van der Waals surface area contributed by atoms with Crippen molar-refractivity contribution in [3.63, 3.8) is 0 Å². The maximum absolute atomic E-state index is 12.8. The van der Waals surface area contributed by atoms with E-state index in [4.69, 9.17) is 5.73 Å². The number of nitrogens with two attached hydrogens (primary N) is 1. The van der Waals surface area contributed by atoms with E-state index in [0.29, 0.717) is 33.2 Å². The molecule has 2 aromatic carbocycles. The first kappa shape index (κ1) is 22.5. The predicted octanol–water partition coefficient (Wildman–Crippen LogP) is 5.01. The second kappa shape index (κ2) is 8.49. The zero-order valence-corrected chi connectivity index (χ0v) is 18.0. The standard InChI is InChI=1S/C20H18BrF3N4O.ClH/c21-16-9-26-19(29)18-15(16)7-14(28-6-5-12(25)10-28)8-17(18)27-13-3-1-11(2-4-13)20(22,23)24;/h1-4,7-9,12,27H,5-6,10,25H2,(H,26,29);1H/t12-;/m0./s1. The molecule has 0 radical (unpaired) electrons. The maximum Gasteiger partial charge on any atom is 0.416 e. The number of H-pyrrole nitrogens is 1. The van der Waals surface area contributed by atoms with Crippen LogP contribution < -0.4 is 21.5 Å². The number of nitrogens with one attached hydrogen (secondary N) is 2. The minimum Gasteiger partial charge on any atom is -0.370 e. The van der Waals surface area contributed by atoms with Crippen LogP contribution in [0.25, 0.3) is 10.8 Å². The zero-order valence-electron chi connectivity index (χ0n) is 15.6. The first-order valence-electron chi connectivity index (χ1n) is 9.02. The van der Waals surface area contributed by atoms with Gasteiger partial charge in [-0.2, -0.15) is 13.2 Å². The monoisotopic (exact) mass is 502 g/mol. The number of rotatable bonds is 3. The Bertz CT molecular complexity index is 1120. The number of benzene rings is 2. The van der Waals surface area contributed by atoms with Gasteiger partial charge in [-0.1, -0.05) is 0 Å². The van der Waals surface area contributed by atoms with Gasteiger partial charge in [-0.15, -0.1) is 12.4 Å². The molecule has 160 valence electrons. The number of halogens is 5. The number of pyridine rings is 1. The maximum atomic E-state index is 12.8. The second-order valence-corrected chi connectivity index (χ2v) is 7.93. The number of aromatic amines is 1. The van der Waals surface area contributed by atoms with E-state index in [1.165, 1.54) is 12.1 Å². The lowest BCUT2D eigenvalue weighted by Crippen LogP contribution is -2.26. The molecule has 1 fully saturated rings. The minimum atomic E-state index is -4.40. The van der Waals surface area contributed by atoms with Gasteiger partial charge in [0, 0.05) is 46.6 Å². The number of nitrogens with zero attached hydrogens (tertiary/aromatic N) is 1. The van der Waals surface area contributed by atoms with E-state index >= 15 is 0 Å². The van der Waals surface area contributed by atoms with Gasteiger partial charge >= 0.3 is 6.18 Å². The molecule has 10 heteroatoms. The van der Waals surface area contributed by atoms with E-state index in [1.54, 1.807) is 6.20 Å². The molecule has 1 atom stereocenters. The fourth-order valence-electron chi connectivity index (χ4n) is 3.54. The summed E-state index contributed by atoms with van der Waals surface area (Å²) < 4.78 is 39.2. The molecule has 1 aromatic heterocycles. The van der Waals surface area contributed by atoms with Crippen molar-refractivity contribution in [2.45, 2.75) is 18.6 Å². The number of aromatic nitrogens is 1. The lowest BCUT2D eigenvalue weighted by molar-refractivity contribution is -0.137. The number of anilines is 3. The Labute approximate surface area is 185 Å². The molecule has 5 nitrogen and oxygen atoms in total. The molecule has 0 spiro atoms. The Morgan fingerprint density at radius 1 is 1.20 bits per heavy atom. The molecule has 1 aliphatic rings. The van der Waals surface area contributed by atoms with Crippen LogP contribution in [0.15, 0.2) is 51.9 Å². The Morgan fingerprint density at radius 3 is 2.50 bits per heavy atom. The summed E-state index contributed by atoms with van der Waals surface area (Å²) in [5.41, 5.74) is 6.87. The number of hydrogen-bond donors (Lipinski definition) is 3. The highest BCUT2D eigenvalue weighted by molar-refractivity contribution is 9.10. The Balaban J connectivity index is 0.00000256. The van der Waals surface area contributed by atoms with Crippen molar-refractivity contribution >= 4 is 56.2 Å². The van der Waals surface area contributed by atoms with Crippen LogP contribution in [0.2, 0.25) is 0 Å². The quantitative estimate of drug-likeness (QED) is 0.470. The lowest BCUT2D eigenvalue weighted by Gasteiger charge is -2.21. The Kier molecular flexibility index (Phi) is 6.35. The van der Waals surface area contributed by atoms with Crippen LogP contribution in [0, 0.1) is 0 Å². The third-order valence-electron chi connectivity index (χ3n) is 5.02. The van der Waals surface area contributed by atoms with Gasteiger partial charge in [0.25, 0.3) is 5.56 Å². The van der Waals surface area contributed by atoms with Gasteiger partial charge in [-0.05, 0) is 58.7 Å². The van der Waals surface area contributed by atoms with E-state index in [9.17, 15) is 18.0 Å². The zero-order chi connectivity index (χ0) is 20.8. The highest BCUT2D eigenvalue weighted by atomic mass is 79.9. The van der Waals surface area contributed by atoms with Gasteiger partial charge in [0.2, 0.25) is 0 Å². The number of hydrogen-bond acceptors (Lipinski definition) is 4. The molecule has 4 rings (SSSR count). The minimum absolute atomic E-state index is 0. The molecule has 3 aromatic rings. The summed E-state index contributed by atoms with van der Waals surface area (Å²) in [6.45, 7) is 1.50. The topological polar surface area (TPSA) is 74.2 Å². The van der Waals surface area contributed by atoms with Crippen molar-refractivity contribution in [2.75, 3.05) is 23.3 Å². The summed E-state index contributed by atoms with van der Waals surface area (Å²) in [7, 11) is 0. The third kappa shape index (κ3) is 4.43. The molecule has 2 heterocycles. The van der Waals surface area contributed by atoms with Gasteiger partial charge < -0.3 is 20.9 Å². The first-order valence-corrected chi connectivity index (χ1v) is 9.81. The molecule has 1 saturated heterocycles. The highest BCUT2D eigenvalue weighted by Gasteiger charge is 2.30. The van der Waals surface area contributed by atoms with Crippen LogP contribution >= 0.6 is 28.3 Å². The fourth-order valence-corrected chi connectivity index (χ4v) is 3.97. The molecule has 0 aliphatic carbocycles. The molecule has 1 aliphatic heterocycles. The molecule has 4 N–H and O–H groups in total. The largest absolute Gasteiger partial charge is 0.416 e. The number of fused-ring (bicyclic) bond motifs is 1. The Morgan fingerprint density at radius 2 is 1.90 bits per heavy atom. The highest BCUT2D eigenvalue weighted by Crippen LogP contribution is 2.35. The summed E-state index contributed by atoms with van der Waals surface area (Å²) in [4.78, 5) is 17.3. The normalized spacial score (nSPS) is 16.6. The molecular weight excluding hydrogens is 485 g/mol. The summed E-state index contributed by atoms with van der Waals surface area (Å²) in [5, 5.41) is 4.23. The summed E-state index contributed by atoms with van der Waals surface area (Å²) in [5.74, 6) is 0. The van der Waals surface area contributed by atoms with Crippen LogP contribution in [-0.2, 0) is 6.18 Å². The van der Waals surface area contributed by atoms with Crippen molar-refractivity contribution in [3.8, 4) is 0 Å². The molecule has 0 bridgehead atoms. The average molecular weight is 504 g/mol. The van der Waals surface area contributed by atoms with Crippen molar-refractivity contribution < 1.29 is 13.2 Å². The van der Waals surface area contributed by atoms with Crippen LogP contribution in [0.1, 0.15) is 12.0 Å². The molecular formula is C20H19BrClF3N4O. The van der Waals surface area contributed by atoms with Crippen molar-refractivity contribution in [3.05, 3.63) is 63.0 Å². The summed E-state index contributed by atoms with van der Waals surface area (Å²) >= 11 is 3.47. The summed E-state index contributed by atoms with van der Waals surface area (Å²) in [6, 6.07) is 8.55. The Hall–Kier alpha value is -2.23. The number of alkyl halides is 3. The van der Waals surface area contributed by atoms with Crippen molar-refractivity contribution in [1.82, 2.24) is 4.98 Å². The average Bonchev–Trinajstić information content (AvgIpc) is 3.10. The second-order valence-electron chi connectivity index (χ2n) is 7.08. The van der Waals surface area contributed by atoms with E-state index in [1.807, 2.05) is 12.1 Å². The van der Waals surface area contributed by atoms with Crippen LogP contribution in [-0.4, -0.2) is 24.1 Å². The molecule has 0 amide bonds. The van der Waals surface area contributed by atoms with E-state index < -0.39 is 11.7 Å². The molecule has 0 unspecified atom stereocenters. The van der Waals surface area contributed by atoms with Gasteiger partial charge in [-0.25, -0.2) is 0 Å². The van der Waals surface area contributed by atoms with Crippen molar-refractivity contribution in [1.29, 1.82) is 0 Å². The van der Waals surface area contributed by atoms with Gasteiger partial charge in [0.05, 0.1) is 16.6 Å². The molecule has 30 heavy (non-hydrogen) atoms. The summed E-state index contributed by atoms with van der Waals surface area (Å²) in [6.07, 6.45) is -1.95. The van der Waals surface area contributed by atoms with Gasteiger partial charge in [0.15, 0.2) is 0 Å². The van der Waals surface area contributed by atoms with Crippen LogP contribution in [0.3, 0.4) is 0 Å².